The Kier molecular flexibility index (Phi) is 6.00. The fourth-order valence-electron chi connectivity index (χ4n) is 3.42. The molecule has 26 heavy (non-hydrogen) atoms. The molecule has 3 atom stereocenters. The van der Waals surface area contributed by atoms with Crippen LogP contribution < -0.4 is 16.0 Å². The number of nitrogens with one attached hydrogen (secondary N) is 2. The molecule has 138 valence electrons. The second-order valence-corrected chi connectivity index (χ2v) is 7.67. The topological polar surface area (TPSA) is 76.6 Å². The molecule has 1 saturated heterocycles. The smallest absolute Gasteiger partial charge is 0.275 e. The molecule has 0 radical (unpaired) electrons. The quantitative estimate of drug-likeness (QED) is 0.700. The van der Waals surface area contributed by atoms with Gasteiger partial charge in [0.25, 0.3) is 5.91 Å². The number of primary amides is 1. The first kappa shape index (κ1) is 18.5. The van der Waals surface area contributed by atoms with Gasteiger partial charge in [0.1, 0.15) is 5.82 Å². The molecule has 1 aliphatic heterocycles. The molecule has 0 aliphatic carbocycles. The van der Waals surface area contributed by atoms with Gasteiger partial charge in [-0.3, -0.25) is 9.59 Å². The van der Waals surface area contributed by atoms with Crippen molar-refractivity contribution in [3.63, 3.8) is 0 Å². The van der Waals surface area contributed by atoms with Gasteiger partial charge in [0, 0.05) is 4.88 Å². The highest BCUT2D eigenvalue weighted by molar-refractivity contribution is 7.10. The molecule has 0 saturated carbocycles. The normalized spacial score (nSPS) is 21.1. The van der Waals surface area contributed by atoms with Gasteiger partial charge in [-0.2, -0.15) is 0 Å². The van der Waals surface area contributed by atoms with Crippen LogP contribution in [0, 0.1) is 11.7 Å². The van der Waals surface area contributed by atoms with Crippen molar-refractivity contribution >= 4 is 23.2 Å². The Labute approximate surface area is 156 Å². The minimum absolute atomic E-state index is 0.0900. The average Bonchev–Trinajstić information content (AvgIpc) is 3.15. The van der Waals surface area contributed by atoms with E-state index in [9.17, 15) is 14.0 Å². The van der Waals surface area contributed by atoms with E-state index in [1.807, 2.05) is 17.5 Å². The first-order valence-electron chi connectivity index (χ1n) is 8.74. The zero-order chi connectivity index (χ0) is 18.5. The van der Waals surface area contributed by atoms with E-state index in [-0.39, 0.29) is 29.6 Å². The Bertz CT molecular complexity index is 749. The van der Waals surface area contributed by atoms with E-state index >= 15 is 0 Å². The van der Waals surface area contributed by atoms with E-state index < -0.39 is 0 Å². The van der Waals surface area contributed by atoms with Gasteiger partial charge in [-0.25, -0.2) is 4.39 Å². The van der Waals surface area contributed by atoms with E-state index in [4.69, 9.17) is 5.73 Å². The van der Waals surface area contributed by atoms with E-state index in [1.165, 1.54) is 12.1 Å². The van der Waals surface area contributed by atoms with Crippen molar-refractivity contribution in [2.24, 2.45) is 11.7 Å². The van der Waals surface area contributed by atoms with Gasteiger partial charge in [0.05, 0.1) is 25.0 Å². The van der Waals surface area contributed by atoms with Gasteiger partial charge in [-0.1, -0.05) is 18.2 Å². The number of amides is 2. The molecule has 2 heterocycles. The zero-order valence-corrected chi connectivity index (χ0v) is 15.2. The molecule has 7 heteroatoms. The Balaban J connectivity index is 1.68. The van der Waals surface area contributed by atoms with E-state index in [0.29, 0.717) is 13.1 Å². The lowest BCUT2D eigenvalue weighted by Crippen LogP contribution is -3.15. The summed E-state index contributed by atoms with van der Waals surface area (Å²) >= 11 is 1.55. The third-order valence-corrected chi connectivity index (χ3v) is 5.70. The number of hydrogen-bond acceptors (Lipinski definition) is 3. The number of halogens is 1. The third-order valence-electron chi connectivity index (χ3n) is 4.77. The van der Waals surface area contributed by atoms with Crippen LogP contribution in [0.25, 0.3) is 0 Å². The first-order chi connectivity index (χ1) is 12.5. The SMILES string of the molecule is NC(=O)[C@H]1CCC[NH+](CC(=O)N[C@H](c2ccc(F)cc2)c2cccs2)C1. The van der Waals surface area contributed by atoms with Gasteiger partial charge in [0.15, 0.2) is 6.54 Å². The number of piperidine rings is 1. The molecule has 3 rings (SSSR count). The number of rotatable bonds is 6. The molecule has 1 fully saturated rings. The van der Waals surface area contributed by atoms with E-state index in [1.54, 1.807) is 23.5 Å². The summed E-state index contributed by atoms with van der Waals surface area (Å²) in [6, 6.07) is 9.75. The van der Waals surface area contributed by atoms with E-state index in [0.717, 1.165) is 34.7 Å². The highest BCUT2D eigenvalue weighted by atomic mass is 32.1. The van der Waals surface area contributed by atoms with Crippen LogP contribution in [-0.2, 0) is 9.59 Å². The van der Waals surface area contributed by atoms with Crippen LogP contribution in [0.5, 0.6) is 0 Å². The van der Waals surface area contributed by atoms with Crippen molar-refractivity contribution in [2.75, 3.05) is 19.6 Å². The summed E-state index contributed by atoms with van der Waals surface area (Å²) in [5.41, 5.74) is 6.25. The van der Waals surface area contributed by atoms with Crippen molar-refractivity contribution in [3.8, 4) is 0 Å². The number of carbonyl (C=O) groups excluding carboxylic acids is 2. The van der Waals surface area contributed by atoms with Crippen molar-refractivity contribution < 1.29 is 18.9 Å². The lowest BCUT2D eigenvalue weighted by molar-refractivity contribution is -0.899. The maximum atomic E-state index is 13.2. The number of carbonyl (C=O) groups is 2. The predicted molar refractivity (Wildman–Crippen MR) is 98.2 cm³/mol. The third kappa shape index (κ3) is 4.68. The highest BCUT2D eigenvalue weighted by Crippen LogP contribution is 2.26. The maximum absolute atomic E-state index is 13.2. The van der Waals surface area contributed by atoms with Crippen LogP contribution in [0.2, 0.25) is 0 Å². The fourth-order valence-corrected chi connectivity index (χ4v) is 4.23. The zero-order valence-electron chi connectivity index (χ0n) is 14.4. The second-order valence-electron chi connectivity index (χ2n) is 6.69. The summed E-state index contributed by atoms with van der Waals surface area (Å²) in [6.07, 6.45) is 1.69. The summed E-state index contributed by atoms with van der Waals surface area (Å²) in [5, 5.41) is 5.01. The monoisotopic (exact) mass is 376 g/mol. The van der Waals surface area contributed by atoms with Crippen molar-refractivity contribution in [1.29, 1.82) is 0 Å². The Morgan fingerprint density at radius 2 is 2.08 bits per heavy atom. The summed E-state index contributed by atoms with van der Waals surface area (Å²) in [7, 11) is 0. The van der Waals surface area contributed by atoms with Gasteiger partial charge < -0.3 is 16.0 Å². The van der Waals surface area contributed by atoms with Crippen LogP contribution in [0.1, 0.15) is 29.3 Å². The summed E-state index contributed by atoms with van der Waals surface area (Å²) in [6.45, 7) is 1.76. The predicted octanol–water partition coefficient (Wildman–Crippen LogP) is 0.873. The van der Waals surface area contributed by atoms with Gasteiger partial charge in [-0.15, -0.1) is 11.3 Å². The molecular weight excluding hydrogens is 353 g/mol. The second kappa shape index (κ2) is 8.42. The summed E-state index contributed by atoms with van der Waals surface area (Å²) in [5.74, 6) is -0.838. The molecule has 2 amide bonds. The number of nitrogens with two attached hydrogens (primary N) is 1. The molecule has 4 N–H and O–H groups in total. The van der Waals surface area contributed by atoms with Crippen LogP contribution in [0.4, 0.5) is 4.39 Å². The summed E-state index contributed by atoms with van der Waals surface area (Å²) in [4.78, 5) is 26.1. The fraction of sp³-hybridized carbons (Fsp3) is 0.368. The largest absolute Gasteiger partial charge is 0.369 e. The lowest BCUT2D eigenvalue weighted by Gasteiger charge is -2.28. The number of thiophene rings is 1. The number of quaternary nitrogens is 1. The van der Waals surface area contributed by atoms with Crippen LogP contribution >= 0.6 is 11.3 Å². The Morgan fingerprint density at radius 1 is 1.31 bits per heavy atom. The molecule has 1 aromatic carbocycles. The average molecular weight is 376 g/mol. The number of likely N-dealkylation sites (tertiary alicyclic amines) is 1. The lowest BCUT2D eigenvalue weighted by atomic mass is 9.97. The Morgan fingerprint density at radius 3 is 2.73 bits per heavy atom. The standard InChI is InChI=1S/C19H22FN3O2S/c20-15-7-5-13(6-8-15)18(16-4-2-10-26-16)22-17(24)12-23-9-1-3-14(11-23)19(21)25/h2,4-8,10,14,18H,1,3,9,11-12H2,(H2,21,25)(H,22,24)/p+1/t14-,18+/m0/s1. The van der Waals surface area contributed by atoms with E-state index in [2.05, 4.69) is 5.32 Å². The maximum Gasteiger partial charge on any atom is 0.275 e. The van der Waals surface area contributed by atoms with Gasteiger partial charge >= 0.3 is 0 Å². The number of benzene rings is 1. The molecule has 0 spiro atoms. The minimum atomic E-state index is -0.306. The first-order valence-corrected chi connectivity index (χ1v) is 9.62. The molecule has 1 unspecified atom stereocenters. The van der Waals surface area contributed by atoms with Gasteiger partial charge in [0.2, 0.25) is 5.91 Å². The van der Waals surface area contributed by atoms with Crippen molar-refractivity contribution in [3.05, 3.63) is 58.0 Å². The van der Waals surface area contributed by atoms with Gasteiger partial charge in [-0.05, 0) is 42.0 Å². The Hall–Kier alpha value is -2.25. The molecule has 0 bridgehead atoms. The minimum Gasteiger partial charge on any atom is -0.369 e. The highest BCUT2D eigenvalue weighted by Gasteiger charge is 2.29. The molecule has 2 aromatic rings. The van der Waals surface area contributed by atoms with Crippen molar-refractivity contribution in [1.82, 2.24) is 5.32 Å². The van der Waals surface area contributed by atoms with Crippen LogP contribution in [-0.4, -0.2) is 31.4 Å². The number of hydrogen-bond donors (Lipinski definition) is 3. The summed E-state index contributed by atoms with van der Waals surface area (Å²) < 4.78 is 13.2. The molecule has 1 aliphatic rings. The molecule has 1 aromatic heterocycles. The van der Waals surface area contributed by atoms with Crippen LogP contribution in [0.15, 0.2) is 41.8 Å². The van der Waals surface area contributed by atoms with Crippen molar-refractivity contribution in [2.45, 2.75) is 18.9 Å². The van der Waals surface area contributed by atoms with Crippen LogP contribution in [0.3, 0.4) is 0 Å². The molecule has 5 nitrogen and oxygen atoms in total. The molecular formula is C19H23FN3O2S+.